The molecule has 21 heavy (non-hydrogen) atoms. The number of anilines is 1. The van der Waals surface area contributed by atoms with E-state index < -0.39 is 5.97 Å². The number of ether oxygens (including phenoxy) is 1. The van der Waals surface area contributed by atoms with E-state index in [9.17, 15) is 4.79 Å². The van der Waals surface area contributed by atoms with Gasteiger partial charge in [0.05, 0.1) is 12.2 Å². The molecule has 4 heteroatoms. The van der Waals surface area contributed by atoms with Crippen LogP contribution in [0.15, 0.2) is 48.5 Å². The molecule has 0 saturated heterocycles. The number of nitrogens with one attached hydrogen (secondary N) is 1. The summed E-state index contributed by atoms with van der Waals surface area (Å²) in [5.74, 6) is -0.237. The minimum absolute atomic E-state index is 0.267. The van der Waals surface area contributed by atoms with Crippen molar-refractivity contribution < 1.29 is 14.6 Å². The molecule has 110 valence electrons. The average Bonchev–Trinajstić information content (AvgIpc) is 2.49. The van der Waals surface area contributed by atoms with E-state index in [-0.39, 0.29) is 5.56 Å². The lowest BCUT2D eigenvalue weighted by molar-refractivity contribution is 0.0697. The summed E-state index contributed by atoms with van der Waals surface area (Å²) >= 11 is 0. The molecule has 0 aliphatic heterocycles. The van der Waals surface area contributed by atoms with Crippen molar-refractivity contribution in [3.05, 3.63) is 59.7 Å². The Bertz CT molecular complexity index is 576. The molecule has 0 aliphatic rings. The number of carboxylic acid groups (broad SMARTS) is 1. The number of aryl methyl sites for hydroxylation is 1. The Morgan fingerprint density at radius 1 is 1.10 bits per heavy atom. The molecule has 0 bridgehead atoms. The van der Waals surface area contributed by atoms with Crippen molar-refractivity contribution >= 4 is 11.7 Å². The van der Waals surface area contributed by atoms with E-state index in [2.05, 4.69) is 36.5 Å². The molecule has 4 nitrogen and oxygen atoms in total. The summed E-state index contributed by atoms with van der Waals surface area (Å²) in [6.45, 7) is 3.48. The van der Waals surface area contributed by atoms with E-state index in [1.54, 1.807) is 24.3 Å². The van der Waals surface area contributed by atoms with Crippen LogP contribution in [-0.4, -0.2) is 24.2 Å². The quantitative estimate of drug-likeness (QED) is 0.763. The lowest BCUT2D eigenvalue weighted by atomic mass is 10.2. The molecular weight excluding hydrogens is 266 g/mol. The summed E-state index contributed by atoms with van der Waals surface area (Å²) in [5.41, 5.74) is 2.61. The van der Waals surface area contributed by atoms with Gasteiger partial charge in [0.25, 0.3) is 0 Å². The van der Waals surface area contributed by atoms with Crippen molar-refractivity contribution in [3.63, 3.8) is 0 Å². The van der Waals surface area contributed by atoms with Crippen LogP contribution >= 0.6 is 0 Å². The van der Waals surface area contributed by atoms with Crippen LogP contribution in [0, 0.1) is 6.92 Å². The summed E-state index contributed by atoms with van der Waals surface area (Å²) in [6.07, 6.45) is 0.870. The topological polar surface area (TPSA) is 58.6 Å². The number of hydrogen-bond acceptors (Lipinski definition) is 3. The Morgan fingerprint density at radius 3 is 2.38 bits per heavy atom. The third-order valence-corrected chi connectivity index (χ3v) is 3.07. The largest absolute Gasteiger partial charge is 0.494 e. The Kier molecular flexibility index (Phi) is 5.21. The molecule has 0 aromatic heterocycles. The van der Waals surface area contributed by atoms with E-state index >= 15 is 0 Å². The molecule has 2 N–H and O–H groups in total. The molecule has 0 spiro atoms. The van der Waals surface area contributed by atoms with Crippen LogP contribution in [0.4, 0.5) is 5.69 Å². The highest BCUT2D eigenvalue weighted by Crippen LogP contribution is 2.12. The van der Waals surface area contributed by atoms with Crippen molar-refractivity contribution in [2.45, 2.75) is 13.3 Å². The first-order chi connectivity index (χ1) is 10.1. The van der Waals surface area contributed by atoms with Crippen LogP contribution in [0.2, 0.25) is 0 Å². The smallest absolute Gasteiger partial charge is 0.335 e. The summed E-state index contributed by atoms with van der Waals surface area (Å²) in [6, 6.07) is 14.7. The van der Waals surface area contributed by atoms with Crippen molar-refractivity contribution in [3.8, 4) is 5.75 Å². The molecule has 0 atom stereocenters. The second-order valence-electron chi connectivity index (χ2n) is 4.82. The predicted molar refractivity (Wildman–Crippen MR) is 83.2 cm³/mol. The molecule has 0 fully saturated rings. The lowest BCUT2D eigenvalue weighted by Crippen LogP contribution is -2.07. The van der Waals surface area contributed by atoms with E-state index in [0.29, 0.717) is 12.4 Å². The lowest BCUT2D eigenvalue weighted by Gasteiger charge is -2.08. The summed E-state index contributed by atoms with van der Waals surface area (Å²) in [7, 11) is 0. The molecule has 0 saturated carbocycles. The maximum absolute atomic E-state index is 10.7. The van der Waals surface area contributed by atoms with E-state index in [1.165, 1.54) is 5.56 Å². The van der Waals surface area contributed by atoms with E-state index in [0.717, 1.165) is 18.7 Å². The second kappa shape index (κ2) is 7.33. The molecule has 0 radical (unpaired) electrons. The first-order valence-electron chi connectivity index (χ1n) is 6.92. The van der Waals surface area contributed by atoms with Crippen LogP contribution < -0.4 is 10.1 Å². The first kappa shape index (κ1) is 14.9. The third kappa shape index (κ3) is 4.84. The van der Waals surface area contributed by atoms with Gasteiger partial charge in [0.1, 0.15) is 5.75 Å². The molecule has 0 amide bonds. The van der Waals surface area contributed by atoms with Gasteiger partial charge < -0.3 is 15.2 Å². The van der Waals surface area contributed by atoms with Crippen LogP contribution in [0.1, 0.15) is 22.3 Å². The molecule has 2 aromatic rings. The maximum atomic E-state index is 10.7. The average molecular weight is 285 g/mol. The van der Waals surface area contributed by atoms with Crippen molar-refractivity contribution in [2.24, 2.45) is 0 Å². The molecular formula is C17H19NO3. The minimum Gasteiger partial charge on any atom is -0.494 e. The van der Waals surface area contributed by atoms with Gasteiger partial charge in [-0.05, 0) is 49.7 Å². The third-order valence-electron chi connectivity index (χ3n) is 3.07. The highest BCUT2D eigenvalue weighted by molar-refractivity contribution is 5.87. The number of aromatic carboxylic acids is 1. The van der Waals surface area contributed by atoms with Gasteiger partial charge in [0, 0.05) is 12.2 Å². The Morgan fingerprint density at radius 2 is 1.76 bits per heavy atom. The Balaban J connectivity index is 1.67. The van der Waals surface area contributed by atoms with Crippen LogP contribution in [-0.2, 0) is 0 Å². The van der Waals surface area contributed by atoms with Crippen LogP contribution in [0.3, 0.4) is 0 Å². The van der Waals surface area contributed by atoms with E-state index in [1.807, 2.05) is 0 Å². The van der Waals surface area contributed by atoms with Gasteiger partial charge >= 0.3 is 5.97 Å². The van der Waals surface area contributed by atoms with Crippen molar-refractivity contribution in [1.82, 2.24) is 0 Å². The SMILES string of the molecule is Cc1ccc(NCCCOc2ccc(C(=O)O)cc2)cc1. The van der Waals surface area contributed by atoms with Crippen molar-refractivity contribution in [1.29, 1.82) is 0 Å². The van der Waals surface area contributed by atoms with Gasteiger partial charge in [-0.1, -0.05) is 17.7 Å². The maximum Gasteiger partial charge on any atom is 0.335 e. The Hall–Kier alpha value is -2.49. The van der Waals surface area contributed by atoms with Gasteiger partial charge in [0.2, 0.25) is 0 Å². The predicted octanol–water partition coefficient (Wildman–Crippen LogP) is 3.57. The molecule has 0 aliphatic carbocycles. The second-order valence-corrected chi connectivity index (χ2v) is 4.82. The Labute approximate surface area is 124 Å². The normalized spacial score (nSPS) is 10.1. The molecule has 2 rings (SSSR count). The standard InChI is InChI=1S/C17H19NO3/c1-13-3-7-15(8-4-13)18-11-2-12-21-16-9-5-14(6-10-16)17(19)20/h3-10,18H,2,11-12H2,1H3,(H,19,20). The molecule has 2 aromatic carbocycles. The highest BCUT2D eigenvalue weighted by atomic mass is 16.5. The van der Waals surface area contributed by atoms with Gasteiger partial charge in [-0.3, -0.25) is 0 Å². The zero-order chi connectivity index (χ0) is 15.1. The fourth-order valence-electron chi connectivity index (χ4n) is 1.86. The number of rotatable bonds is 7. The number of carbonyl (C=O) groups is 1. The van der Waals surface area contributed by atoms with E-state index in [4.69, 9.17) is 9.84 Å². The number of benzene rings is 2. The summed E-state index contributed by atoms with van der Waals surface area (Å²) in [4.78, 5) is 10.7. The fraction of sp³-hybridized carbons (Fsp3) is 0.235. The first-order valence-corrected chi connectivity index (χ1v) is 6.92. The zero-order valence-electron chi connectivity index (χ0n) is 12.0. The highest BCUT2D eigenvalue weighted by Gasteiger charge is 2.01. The molecule has 0 unspecified atom stereocenters. The minimum atomic E-state index is -0.927. The van der Waals surface area contributed by atoms with Crippen LogP contribution in [0.25, 0.3) is 0 Å². The number of hydrogen-bond donors (Lipinski definition) is 2. The summed E-state index contributed by atoms with van der Waals surface area (Å²) in [5, 5.41) is 12.1. The van der Waals surface area contributed by atoms with Crippen molar-refractivity contribution in [2.75, 3.05) is 18.5 Å². The fourth-order valence-corrected chi connectivity index (χ4v) is 1.86. The molecule has 0 heterocycles. The van der Waals surface area contributed by atoms with Gasteiger partial charge in [-0.15, -0.1) is 0 Å². The van der Waals surface area contributed by atoms with Gasteiger partial charge in [-0.2, -0.15) is 0 Å². The number of carboxylic acids is 1. The summed E-state index contributed by atoms with van der Waals surface area (Å²) < 4.78 is 5.56. The van der Waals surface area contributed by atoms with Gasteiger partial charge in [0.15, 0.2) is 0 Å². The monoisotopic (exact) mass is 285 g/mol. The van der Waals surface area contributed by atoms with Crippen LogP contribution in [0.5, 0.6) is 5.75 Å². The zero-order valence-corrected chi connectivity index (χ0v) is 12.0. The van der Waals surface area contributed by atoms with Gasteiger partial charge in [-0.25, -0.2) is 4.79 Å².